The molecule has 16 heteroatoms. The number of hydrogen-bond acceptors (Lipinski definition) is 9. The Kier molecular flexibility index (Phi) is 7.35. The summed E-state index contributed by atoms with van der Waals surface area (Å²) in [6, 6.07) is 13.3. The Balaban J connectivity index is 1.31. The lowest BCUT2D eigenvalue weighted by molar-refractivity contribution is -0.138. The van der Waals surface area contributed by atoms with Crippen molar-refractivity contribution in [2.75, 3.05) is 4.90 Å². The molecule has 3 heterocycles. The van der Waals surface area contributed by atoms with E-state index < -0.39 is 58.3 Å². The Labute approximate surface area is 288 Å². The molecule has 0 radical (unpaired) electrons. The molecule has 4 N–H and O–H groups in total. The Hall–Kier alpha value is -5.26. The number of nitrogens with zero attached hydrogens (tertiary/aromatic N) is 6. The second-order valence-corrected chi connectivity index (χ2v) is 13.7. The van der Waals surface area contributed by atoms with Crippen molar-refractivity contribution in [1.29, 1.82) is 5.26 Å². The second kappa shape index (κ2) is 11.1. The van der Waals surface area contributed by atoms with E-state index in [1.165, 1.54) is 39.2 Å². The van der Waals surface area contributed by atoms with Crippen molar-refractivity contribution in [1.82, 2.24) is 25.3 Å². The number of anilines is 1. The standard InChI is InChI=1S/C33H27Cl2FN8O5/c1-31(13-17-4-6-18(15-37)7-5-17)29(49)43(19-11-20(34)25(36)21(35)12-19)30-42(16-22(26(45)46)44(30)31)24-14-33(24,27(38)47)28(48)40-32(8-9-32)23-3-2-10-39-41-23/h2-7,10-12,16,24,30H,8-9,13-14H2,1H3,(H2,38,47)(H,40,48)(H,45,46)/t24?,30?,31-,33?/m1/s1. The number of aliphatic carboxylic acids is 1. The van der Waals surface area contributed by atoms with Crippen LogP contribution in [-0.2, 0) is 31.1 Å². The van der Waals surface area contributed by atoms with Crippen LogP contribution in [0.5, 0.6) is 0 Å². The number of primary amides is 1. The van der Waals surface area contributed by atoms with Crippen molar-refractivity contribution in [3.8, 4) is 6.07 Å². The molecule has 3 unspecified atom stereocenters. The van der Waals surface area contributed by atoms with E-state index in [9.17, 15) is 33.9 Å². The van der Waals surface area contributed by atoms with Gasteiger partial charge < -0.3 is 26.0 Å². The van der Waals surface area contributed by atoms with Gasteiger partial charge in [-0.1, -0.05) is 35.3 Å². The summed E-state index contributed by atoms with van der Waals surface area (Å²) in [6.07, 6.45) is 2.54. The van der Waals surface area contributed by atoms with E-state index in [1.807, 2.05) is 6.07 Å². The molecule has 2 saturated carbocycles. The van der Waals surface area contributed by atoms with E-state index in [0.717, 1.165) is 0 Å². The van der Waals surface area contributed by atoms with Gasteiger partial charge in [0.1, 0.15) is 16.7 Å². The molecular formula is C33H27Cl2FN8O5. The maximum absolute atomic E-state index is 14.6. The first-order valence-corrected chi connectivity index (χ1v) is 15.9. The number of rotatable bonds is 9. The number of carboxylic acids is 1. The van der Waals surface area contributed by atoms with Gasteiger partial charge >= 0.3 is 5.97 Å². The predicted octanol–water partition coefficient (Wildman–Crippen LogP) is 3.02. The molecule has 3 aromatic rings. The Morgan fingerprint density at radius 3 is 2.39 bits per heavy atom. The molecule has 3 amide bonds. The lowest BCUT2D eigenvalue weighted by Gasteiger charge is -2.37. The molecule has 49 heavy (non-hydrogen) atoms. The smallest absolute Gasteiger partial charge is 0.353 e. The zero-order valence-electron chi connectivity index (χ0n) is 25.7. The topological polar surface area (TPSA) is 186 Å². The molecule has 4 aliphatic rings. The monoisotopic (exact) mass is 704 g/mol. The third-order valence-electron chi connectivity index (χ3n) is 9.86. The van der Waals surface area contributed by atoms with Gasteiger partial charge in [-0.2, -0.15) is 15.5 Å². The van der Waals surface area contributed by atoms with Gasteiger partial charge in [0, 0.05) is 18.8 Å². The molecule has 2 aliphatic heterocycles. The fraction of sp³-hybridized carbons (Fsp3) is 0.303. The molecular weight excluding hydrogens is 678 g/mol. The zero-order valence-corrected chi connectivity index (χ0v) is 27.2. The molecule has 2 aliphatic carbocycles. The average Bonchev–Trinajstić information content (AvgIpc) is 3.98. The highest BCUT2D eigenvalue weighted by atomic mass is 35.5. The fourth-order valence-electron chi connectivity index (χ4n) is 7.04. The maximum Gasteiger partial charge on any atom is 0.353 e. The van der Waals surface area contributed by atoms with E-state index in [0.29, 0.717) is 29.7 Å². The van der Waals surface area contributed by atoms with E-state index in [4.69, 9.17) is 28.9 Å². The summed E-state index contributed by atoms with van der Waals surface area (Å²) in [5.41, 5.74) is 3.00. The minimum atomic E-state index is -1.80. The summed E-state index contributed by atoms with van der Waals surface area (Å²) < 4.78 is 14.6. The zero-order chi connectivity index (χ0) is 35.0. The Morgan fingerprint density at radius 2 is 1.84 bits per heavy atom. The molecule has 13 nitrogen and oxygen atoms in total. The first-order chi connectivity index (χ1) is 23.3. The van der Waals surface area contributed by atoms with Crippen molar-refractivity contribution in [3.63, 3.8) is 0 Å². The maximum atomic E-state index is 14.6. The van der Waals surface area contributed by atoms with Gasteiger partial charge in [0.2, 0.25) is 11.8 Å². The summed E-state index contributed by atoms with van der Waals surface area (Å²) in [5.74, 6) is -4.48. The number of fused-ring (bicyclic) bond motifs is 1. The van der Waals surface area contributed by atoms with Crippen molar-refractivity contribution in [2.45, 2.75) is 56.0 Å². The number of aromatic nitrogens is 2. The van der Waals surface area contributed by atoms with Gasteiger partial charge in [0.05, 0.1) is 44.6 Å². The first kappa shape index (κ1) is 32.3. The highest BCUT2D eigenvalue weighted by Crippen LogP contribution is 2.57. The van der Waals surface area contributed by atoms with Gasteiger partial charge in [0.25, 0.3) is 5.91 Å². The quantitative estimate of drug-likeness (QED) is 0.221. The van der Waals surface area contributed by atoms with Gasteiger partial charge in [0.15, 0.2) is 12.1 Å². The molecule has 2 aromatic carbocycles. The summed E-state index contributed by atoms with van der Waals surface area (Å²) >= 11 is 12.3. The second-order valence-electron chi connectivity index (χ2n) is 12.8. The van der Waals surface area contributed by atoms with Crippen LogP contribution in [0.25, 0.3) is 0 Å². The SMILES string of the molecule is C[C@@]1(Cc2ccc(C#N)cc2)C(=O)N(c2cc(Cl)c(F)c(Cl)c2)C2N(C3CC3(C(N)=O)C(=O)NC3(c4cccnn4)CC3)C=C(C(=O)O)N21. The number of carboxylic acid groups (broad SMARTS) is 1. The number of nitrogens with one attached hydrogen (secondary N) is 1. The number of amides is 3. The lowest BCUT2D eigenvalue weighted by atomic mass is 9.90. The van der Waals surface area contributed by atoms with Crippen molar-refractivity contribution in [3.05, 3.63) is 99.3 Å². The van der Waals surface area contributed by atoms with E-state index in [-0.39, 0.29) is 34.3 Å². The van der Waals surface area contributed by atoms with Crippen LogP contribution < -0.4 is 16.0 Å². The minimum absolute atomic E-state index is 0.0155. The number of nitrogens with two attached hydrogens (primary N) is 1. The summed E-state index contributed by atoms with van der Waals surface area (Å²) in [6.45, 7) is 1.56. The van der Waals surface area contributed by atoms with Crippen molar-refractivity contribution < 1.29 is 28.7 Å². The Bertz CT molecular complexity index is 2000. The number of hydrogen-bond donors (Lipinski definition) is 3. The number of carbonyl (C=O) groups excluding carboxylic acids is 3. The molecule has 1 saturated heterocycles. The number of nitriles is 1. The molecule has 7 rings (SSSR count). The van der Waals surface area contributed by atoms with E-state index >= 15 is 0 Å². The minimum Gasteiger partial charge on any atom is -0.477 e. The van der Waals surface area contributed by atoms with Crippen molar-refractivity contribution >= 4 is 52.6 Å². The molecule has 0 spiro atoms. The van der Waals surface area contributed by atoms with Crippen LogP contribution in [0.15, 0.2) is 66.6 Å². The number of carbonyl (C=O) groups is 4. The normalized spacial score (nSPS) is 26.1. The largest absolute Gasteiger partial charge is 0.477 e. The highest BCUT2D eigenvalue weighted by molar-refractivity contribution is 6.35. The van der Waals surface area contributed by atoms with Gasteiger partial charge in [-0.3, -0.25) is 19.3 Å². The molecule has 4 atom stereocenters. The van der Waals surface area contributed by atoms with Crippen LogP contribution in [0.3, 0.4) is 0 Å². The third kappa shape index (κ3) is 4.87. The van der Waals surface area contributed by atoms with Gasteiger partial charge in [-0.25, -0.2) is 9.18 Å². The lowest BCUT2D eigenvalue weighted by Crippen LogP contribution is -2.53. The molecule has 250 valence electrons. The van der Waals surface area contributed by atoms with Crippen LogP contribution in [0.1, 0.15) is 43.0 Å². The summed E-state index contributed by atoms with van der Waals surface area (Å²) in [7, 11) is 0. The van der Waals surface area contributed by atoms with Crippen LogP contribution in [0.4, 0.5) is 10.1 Å². The molecule has 3 fully saturated rings. The predicted molar refractivity (Wildman–Crippen MR) is 171 cm³/mol. The number of halogens is 3. The Morgan fingerprint density at radius 1 is 1.16 bits per heavy atom. The van der Waals surface area contributed by atoms with Crippen LogP contribution in [0, 0.1) is 22.6 Å². The summed E-state index contributed by atoms with van der Waals surface area (Å²) in [4.78, 5) is 58.8. The van der Waals surface area contributed by atoms with Crippen LogP contribution in [0.2, 0.25) is 10.0 Å². The molecule has 1 aromatic heterocycles. The van der Waals surface area contributed by atoms with Crippen LogP contribution >= 0.6 is 23.2 Å². The van der Waals surface area contributed by atoms with Crippen molar-refractivity contribution in [2.24, 2.45) is 11.1 Å². The fourth-order valence-corrected chi connectivity index (χ4v) is 7.52. The van der Waals surface area contributed by atoms with Gasteiger partial charge in [-0.05, 0) is 68.1 Å². The van der Waals surface area contributed by atoms with E-state index in [2.05, 4.69) is 15.5 Å². The molecule has 0 bridgehead atoms. The van der Waals surface area contributed by atoms with Gasteiger partial charge in [-0.15, -0.1) is 0 Å². The summed E-state index contributed by atoms with van der Waals surface area (Å²) in [5, 5.41) is 30.0. The van der Waals surface area contributed by atoms with Crippen LogP contribution in [-0.4, -0.2) is 66.7 Å². The first-order valence-electron chi connectivity index (χ1n) is 15.2. The van der Waals surface area contributed by atoms with E-state index in [1.54, 1.807) is 43.3 Å². The average molecular weight is 706 g/mol. The highest BCUT2D eigenvalue weighted by Gasteiger charge is 2.73. The number of benzene rings is 2. The third-order valence-corrected chi connectivity index (χ3v) is 10.4.